The average Bonchev–Trinajstić information content (AvgIpc) is 3.10. The number of aryl methyl sites for hydroxylation is 1. The summed E-state index contributed by atoms with van der Waals surface area (Å²) in [5.74, 6) is 0.621. The van der Waals surface area contributed by atoms with E-state index in [4.69, 9.17) is 4.52 Å². The minimum atomic E-state index is -0.656. The number of nitrogens with zero attached hydrogens (tertiary/aromatic N) is 2. The monoisotopic (exact) mass is 378 g/mol. The molecule has 0 saturated heterocycles. The molecule has 0 radical (unpaired) electrons. The Bertz CT molecular complexity index is 969. The van der Waals surface area contributed by atoms with Gasteiger partial charge in [0, 0.05) is 31.4 Å². The molecule has 0 spiro atoms. The molecule has 0 saturated carbocycles. The highest BCUT2D eigenvalue weighted by atomic mass is 16.5. The average molecular weight is 378 g/mol. The number of nitrogens with one attached hydrogen (secondary N) is 2. The summed E-state index contributed by atoms with van der Waals surface area (Å²) < 4.78 is 5.01. The van der Waals surface area contributed by atoms with E-state index >= 15 is 0 Å². The van der Waals surface area contributed by atoms with Crippen LogP contribution in [-0.2, 0) is 9.59 Å². The second kappa shape index (κ2) is 8.39. The zero-order valence-electron chi connectivity index (χ0n) is 16.0. The Hall–Kier alpha value is -3.61. The summed E-state index contributed by atoms with van der Waals surface area (Å²) in [6.07, 6.45) is 0. The number of carbonyl (C=O) groups is 2. The molecular formula is C21H22N4O3. The van der Waals surface area contributed by atoms with E-state index in [0.29, 0.717) is 17.3 Å². The number of benzene rings is 2. The molecule has 2 amide bonds. The van der Waals surface area contributed by atoms with Crippen molar-refractivity contribution in [1.29, 1.82) is 0 Å². The van der Waals surface area contributed by atoms with Crippen molar-refractivity contribution < 1.29 is 14.1 Å². The number of hydrogen-bond donors (Lipinski definition) is 2. The van der Waals surface area contributed by atoms with Gasteiger partial charge in [0.1, 0.15) is 11.8 Å². The number of carbonyl (C=O) groups excluding carboxylic acids is 2. The normalized spacial score (nSPS) is 11.5. The predicted octanol–water partition coefficient (Wildman–Crippen LogP) is 3.76. The maximum atomic E-state index is 12.9. The third kappa shape index (κ3) is 4.56. The molecule has 2 aromatic carbocycles. The predicted molar refractivity (Wildman–Crippen MR) is 108 cm³/mol. The molecule has 3 rings (SSSR count). The van der Waals surface area contributed by atoms with Gasteiger partial charge in [-0.15, -0.1) is 0 Å². The molecule has 0 bridgehead atoms. The zero-order chi connectivity index (χ0) is 20.1. The van der Waals surface area contributed by atoms with Crippen LogP contribution >= 0.6 is 0 Å². The van der Waals surface area contributed by atoms with Gasteiger partial charge in [-0.3, -0.25) is 9.59 Å². The highest BCUT2D eigenvalue weighted by molar-refractivity contribution is 5.97. The first kappa shape index (κ1) is 19.2. The molecule has 0 fully saturated rings. The summed E-state index contributed by atoms with van der Waals surface area (Å²) in [7, 11) is 1.70. The van der Waals surface area contributed by atoms with Crippen molar-refractivity contribution in [3.05, 3.63) is 72.0 Å². The van der Waals surface area contributed by atoms with Crippen LogP contribution in [0.3, 0.4) is 0 Å². The van der Waals surface area contributed by atoms with Crippen molar-refractivity contribution in [2.45, 2.75) is 19.9 Å². The standard InChI is InChI=1S/C21H22N4O3/c1-14-12-19(24-28-14)23-21(27)20(16-8-5-4-6-9-16)22-17-10-7-11-18(13-17)25(3)15(2)26/h4-13,20,22H,1-3H3,(H,23,24,27). The molecule has 1 heterocycles. The largest absolute Gasteiger partial charge is 0.370 e. The van der Waals surface area contributed by atoms with Crippen LogP contribution in [0.2, 0.25) is 0 Å². The minimum absolute atomic E-state index is 0.0732. The molecule has 28 heavy (non-hydrogen) atoms. The van der Waals surface area contributed by atoms with E-state index in [-0.39, 0.29) is 11.8 Å². The Balaban J connectivity index is 1.87. The molecule has 144 valence electrons. The van der Waals surface area contributed by atoms with E-state index in [1.807, 2.05) is 54.6 Å². The molecule has 0 aliphatic heterocycles. The van der Waals surface area contributed by atoms with Gasteiger partial charge in [0.15, 0.2) is 5.82 Å². The van der Waals surface area contributed by atoms with E-state index in [1.54, 1.807) is 24.9 Å². The van der Waals surface area contributed by atoms with Gasteiger partial charge in [0.25, 0.3) is 5.91 Å². The molecule has 2 N–H and O–H groups in total. The van der Waals surface area contributed by atoms with Crippen LogP contribution in [0.1, 0.15) is 24.3 Å². The molecule has 0 aliphatic carbocycles. The van der Waals surface area contributed by atoms with Crippen LogP contribution in [0.4, 0.5) is 17.2 Å². The van der Waals surface area contributed by atoms with Crippen molar-refractivity contribution >= 4 is 29.0 Å². The second-order valence-corrected chi connectivity index (χ2v) is 6.43. The fraction of sp³-hybridized carbons (Fsp3) is 0.190. The Morgan fingerprint density at radius 3 is 2.46 bits per heavy atom. The number of anilines is 3. The SMILES string of the molecule is CC(=O)N(C)c1cccc(NC(C(=O)Nc2cc(C)on2)c2ccccc2)c1. The molecule has 7 nitrogen and oxygen atoms in total. The van der Waals surface area contributed by atoms with Gasteiger partial charge in [-0.1, -0.05) is 41.6 Å². The van der Waals surface area contributed by atoms with Crippen LogP contribution in [0.25, 0.3) is 0 Å². The van der Waals surface area contributed by atoms with Crippen molar-refractivity contribution in [2.75, 3.05) is 22.6 Å². The Labute approximate surface area is 163 Å². The lowest BCUT2D eigenvalue weighted by Gasteiger charge is -2.21. The minimum Gasteiger partial charge on any atom is -0.370 e. The van der Waals surface area contributed by atoms with Gasteiger partial charge in [-0.25, -0.2) is 0 Å². The Kier molecular flexibility index (Phi) is 5.74. The van der Waals surface area contributed by atoms with Gasteiger partial charge >= 0.3 is 0 Å². The summed E-state index contributed by atoms with van der Waals surface area (Å²) in [6.45, 7) is 3.26. The summed E-state index contributed by atoms with van der Waals surface area (Å²) in [4.78, 5) is 26.1. The Morgan fingerprint density at radius 1 is 1.07 bits per heavy atom. The van der Waals surface area contributed by atoms with Crippen molar-refractivity contribution in [2.24, 2.45) is 0 Å². The summed E-state index contributed by atoms with van der Waals surface area (Å²) in [5, 5.41) is 9.83. The van der Waals surface area contributed by atoms with Crippen LogP contribution in [0.15, 0.2) is 65.2 Å². The smallest absolute Gasteiger partial charge is 0.252 e. The third-order valence-corrected chi connectivity index (χ3v) is 4.29. The fourth-order valence-corrected chi connectivity index (χ4v) is 2.72. The second-order valence-electron chi connectivity index (χ2n) is 6.43. The number of hydrogen-bond acceptors (Lipinski definition) is 5. The number of rotatable bonds is 6. The van der Waals surface area contributed by atoms with Crippen molar-refractivity contribution in [3.8, 4) is 0 Å². The molecular weight excluding hydrogens is 356 g/mol. The lowest BCUT2D eigenvalue weighted by molar-refractivity contribution is -0.117. The van der Waals surface area contributed by atoms with Crippen LogP contribution in [0, 0.1) is 6.92 Å². The lowest BCUT2D eigenvalue weighted by Crippen LogP contribution is -2.27. The van der Waals surface area contributed by atoms with Crippen molar-refractivity contribution in [1.82, 2.24) is 5.16 Å². The molecule has 1 unspecified atom stereocenters. The van der Waals surface area contributed by atoms with E-state index in [1.165, 1.54) is 6.92 Å². The van der Waals surface area contributed by atoms with E-state index in [9.17, 15) is 9.59 Å². The van der Waals surface area contributed by atoms with Gasteiger partial charge in [-0.05, 0) is 30.7 Å². The van der Waals surface area contributed by atoms with Crippen LogP contribution < -0.4 is 15.5 Å². The maximum absolute atomic E-state index is 12.9. The first-order chi connectivity index (χ1) is 13.4. The highest BCUT2D eigenvalue weighted by Gasteiger charge is 2.22. The van der Waals surface area contributed by atoms with Gasteiger partial charge < -0.3 is 20.1 Å². The molecule has 3 aromatic rings. The van der Waals surface area contributed by atoms with Gasteiger partial charge in [0.2, 0.25) is 5.91 Å². The topological polar surface area (TPSA) is 87.5 Å². The molecule has 1 aromatic heterocycles. The third-order valence-electron chi connectivity index (χ3n) is 4.29. The zero-order valence-corrected chi connectivity index (χ0v) is 16.0. The van der Waals surface area contributed by atoms with Crippen molar-refractivity contribution in [3.63, 3.8) is 0 Å². The lowest BCUT2D eigenvalue weighted by atomic mass is 10.1. The maximum Gasteiger partial charge on any atom is 0.252 e. The first-order valence-corrected chi connectivity index (χ1v) is 8.84. The van der Waals surface area contributed by atoms with Gasteiger partial charge in [-0.2, -0.15) is 0 Å². The molecule has 0 aliphatic rings. The summed E-state index contributed by atoms with van der Waals surface area (Å²) in [5.41, 5.74) is 2.24. The first-order valence-electron chi connectivity index (χ1n) is 8.84. The molecule has 7 heteroatoms. The fourth-order valence-electron chi connectivity index (χ4n) is 2.72. The number of amides is 2. The quantitative estimate of drug-likeness (QED) is 0.682. The Morgan fingerprint density at radius 2 is 1.82 bits per heavy atom. The summed E-state index contributed by atoms with van der Waals surface area (Å²) in [6, 6.07) is 17.7. The summed E-state index contributed by atoms with van der Waals surface area (Å²) >= 11 is 0. The van der Waals surface area contributed by atoms with E-state index in [2.05, 4.69) is 15.8 Å². The van der Waals surface area contributed by atoms with E-state index in [0.717, 1.165) is 11.3 Å². The highest BCUT2D eigenvalue weighted by Crippen LogP contribution is 2.25. The van der Waals surface area contributed by atoms with E-state index < -0.39 is 6.04 Å². The number of aromatic nitrogens is 1. The molecule has 1 atom stereocenters. The van der Waals surface area contributed by atoms with Gasteiger partial charge in [0.05, 0.1) is 0 Å². The van der Waals surface area contributed by atoms with Crippen LogP contribution in [-0.4, -0.2) is 24.0 Å². The van der Waals surface area contributed by atoms with Crippen LogP contribution in [0.5, 0.6) is 0 Å².